The maximum atomic E-state index is 5.94. The molecule has 1 atom stereocenters. The summed E-state index contributed by atoms with van der Waals surface area (Å²) in [7, 11) is 0. The monoisotopic (exact) mass is 300 g/mol. The summed E-state index contributed by atoms with van der Waals surface area (Å²) in [6.07, 6.45) is 1.06. The minimum absolute atomic E-state index is 0.517. The average molecular weight is 301 g/mol. The fourth-order valence-electron chi connectivity index (χ4n) is 2.92. The summed E-state index contributed by atoms with van der Waals surface area (Å²) in [6.45, 7) is 4.31. The van der Waals surface area contributed by atoms with E-state index in [0.29, 0.717) is 6.04 Å². The van der Waals surface area contributed by atoms with Crippen LogP contribution in [0.2, 0.25) is 5.02 Å². The Labute approximate surface area is 131 Å². The number of piperazine rings is 1. The van der Waals surface area contributed by atoms with Crippen LogP contribution in [-0.2, 0) is 13.0 Å². The Balaban J connectivity index is 1.57. The molecule has 110 valence electrons. The van der Waals surface area contributed by atoms with Gasteiger partial charge >= 0.3 is 0 Å². The number of nitrogens with one attached hydrogen (secondary N) is 1. The quantitative estimate of drug-likeness (QED) is 0.931. The van der Waals surface area contributed by atoms with Gasteiger partial charge in [-0.25, -0.2) is 0 Å². The number of hydrogen-bond acceptors (Lipinski definition) is 2. The molecule has 3 heteroatoms. The Kier molecular flexibility index (Phi) is 4.91. The van der Waals surface area contributed by atoms with Crippen LogP contribution in [0, 0.1) is 0 Å². The van der Waals surface area contributed by atoms with E-state index in [9.17, 15) is 0 Å². The molecule has 1 aliphatic heterocycles. The van der Waals surface area contributed by atoms with E-state index in [2.05, 4.69) is 52.7 Å². The minimum atomic E-state index is 0.517. The van der Waals surface area contributed by atoms with Gasteiger partial charge in [-0.2, -0.15) is 0 Å². The Hall–Kier alpha value is -1.35. The smallest absolute Gasteiger partial charge is 0.0406 e. The maximum absolute atomic E-state index is 5.94. The van der Waals surface area contributed by atoms with Crippen LogP contribution >= 0.6 is 11.6 Å². The lowest BCUT2D eigenvalue weighted by atomic mass is 10.0. The van der Waals surface area contributed by atoms with Gasteiger partial charge in [0.05, 0.1) is 0 Å². The number of hydrogen-bond donors (Lipinski definition) is 1. The fraction of sp³-hybridized carbons (Fsp3) is 0.333. The zero-order chi connectivity index (χ0) is 14.5. The van der Waals surface area contributed by atoms with Crippen LogP contribution in [0.1, 0.15) is 11.1 Å². The van der Waals surface area contributed by atoms with Crippen LogP contribution in [0.15, 0.2) is 54.6 Å². The summed E-state index contributed by atoms with van der Waals surface area (Å²) < 4.78 is 0. The van der Waals surface area contributed by atoms with Gasteiger partial charge in [-0.3, -0.25) is 4.90 Å². The Bertz CT molecular complexity index is 553. The second kappa shape index (κ2) is 7.08. The van der Waals surface area contributed by atoms with Gasteiger partial charge in [0.25, 0.3) is 0 Å². The van der Waals surface area contributed by atoms with Crippen molar-refractivity contribution >= 4 is 11.6 Å². The standard InChI is InChI=1S/C18H21ClN2/c19-17-8-6-15(7-9-17)12-18-14-21(11-10-20-18)13-16-4-2-1-3-5-16/h1-9,18,20H,10-14H2/t18-/m1/s1. The molecule has 1 heterocycles. The van der Waals surface area contributed by atoms with Gasteiger partial charge in [-0.15, -0.1) is 0 Å². The zero-order valence-corrected chi connectivity index (χ0v) is 12.9. The largest absolute Gasteiger partial charge is 0.311 e. The van der Waals surface area contributed by atoms with Crippen molar-refractivity contribution in [2.24, 2.45) is 0 Å². The molecule has 1 fully saturated rings. The van der Waals surface area contributed by atoms with Gasteiger partial charge in [-0.1, -0.05) is 54.1 Å². The van der Waals surface area contributed by atoms with Gasteiger partial charge in [0.15, 0.2) is 0 Å². The first-order valence-electron chi connectivity index (χ1n) is 7.54. The predicted octanol–water partition coefficient (Wildman–Crippen LogP) is 3.36. The summed E-state index contributed by atoms with van der Waals surface area (Å²) >= 11 is 5.94. The normalized spacial score (nSPS) is 19.6. The molecular weight excluding hydrogens is 280 g/mol. The molecule has 0 unspecified atom stereocenters. The molecule has 2 aromatic rings. The molecule has 2 aromatic carbocycles. The fourth-order valence-corrected chi connectivity index (χ4v) is 3.05. The van der Waals surface area contributed by atoms with Crippen LogP contribution < -0.4 is 5.32 Å². The molecule has 1 saturated heterocycles. The van der Waals surface area contributed by atoms with Crippen LogP contribution in [0.5, 0.6) is 0 Å². The third-order valence-corrected chi connectivity index (χ3v) is 4.24. The molecular formula is C18H21ClN2. The molecule has 0 spiro atoms. The third-order valence-electron chi connectivity index (χ3n) is 3.98. The first-order chi connectivity index (χ1) is 10.3. The second-order valence-electron chi connectivity index (χ2n) is 5.70. The van der Waals surface area contributed by atoms with E-state index in [0.717, 1.165) is 37.6 Å². The Morgan fingerprint density at radius 1 is 1.00 bits per heavy atom. The minimum Gasteiger partial charge on any atom is -0.311 e. The SMILES string of the molecule is Clc1ccc(C[C@@H]2CN(Cc3ccccc3)CCN2)cc1. The lowest BCUT2D eigenvalue weighted by Gasteiger charge is -2.34. The lowest BCUT2D eigenvalue weighted by molar-refractivity contribution is 0.192. The number of rotatable bonds is 4. The molecule has 3 rings (SSSR count). The summed E-state index contributed by atoms with van der Waals surface area (Å²) in [5.41, 5.74) is 2.74. The summed E-state index contributed by atoms with van der Waals surface area (Å²) in [6, 6.07) is 19.4. The third kappa shape index (κ3) is 4.31. The van der Waals surface area contributed by atoms with Gasteiger partial charge < -0.3 is 5.32 Å². The first-order valence-corrected chi connectivity index (χ1v) is 7.91. The van der Waals surface area contributed by atoms with Crippen LogP contribution in [0.25, 0.3) is 0 Å². The van der Waals surface area contributed by atoms with Gasteiger partial charge in [0, 0.05) is 37.2 Å². The Morgan fingerprint density at radius 3 is 2.52 bits per heavy atom. The molecule has 0 aromatic heterocycles. The summed E-state index contributed by atoms with van der Waals surface area (Å²) in [4.78, 5) is 2.53. The van der Waals surface area contributed by atoms with Crippen LogP contribution in [0.4, 0.5) is 0 Å². The van der Waals surface area contributed by atoms with Crippen molar-refractivity contribution in [1.29, 1.82) is 0 Å². The van der Waals surface area contributed by atoms with Crippen molar-refractivity contribution in [1.82, 2.24) is 10.2 Å². The van der Waals surface area contributed by atoms with Crippen molar-refractivity contribution in [2.45, 2.75) is 19.0 Å². The molecule has 1 aliphatic rings. The van der Waals surface area contributed by atoms with E-state index in [1.807, 2.05) is 12.1 Å². The van der Waals surface area contributed by atoms with E-state index < -0.39 is 0 Å². The van der Waals surface area contributed by atoms with Crippen molar-refractivity contribution in [2.75, 3.05) is 19.6 Å². The molecule has 0 aliphatic carbocycles. The highest BCUT2D eigenvalue weighted by molar-refractivity contribution is 6.30. The van der Waals surface area contributed by atoms with E-state index in [1.165, 1.54) is 11.1 Å². The number of halogens is 1. The summed E-state index contributed by atoms with van der Waals surface area (Å²) in [5.74, 6) is 0. The van der Waals surface area contributed by atoms with Gasteiger partial charge in [0.2, 0.25) is 0 Å². The second-order valence-corrected chi connectivity index (χ2v) is 6.14. The molecule has 2 nitrogen and oxygen atoms in total. The van der Waals surface area contributed by atoms with Crippen molar-refractivity contribution in [3.8, 4) is 0 Å². The van der Waals surface area contributed by atoms with Crippen LogP contribution in [-0.4, -0.2) is 30.6 Å². The topological polar surface area (TPSA) is 15.3 Å². The molecule has 0 amide bonds. The molecule has 0 saturated carbocycles. The average Bonchev–Trinajstić information content (AvgIpc) is 2.51. The van der Waals surface area contributed by atoms with Gasteiger partial charge in [-0.05, 0) is 29.7 Å². The molecule has 21 heavy (non-hydrogen) atoms. The van der Waals surface area contributed by atoms with Crippen LogP contribution in [0.3, 0.4) is 0 Å². The molecule has 0 radical (unpaired) electrons. The Morgan fingerprint density at radius 2 is 1.76 bits per heavy atom. The first kappa shape index (κ1) is 14.6. The molecule has 0 bridgehead atoms. The van der Waals surface area contributed by atoms with E-state index in [-0.39, 0.29) is 0 Å². The zero-order valence-electron chi connectivity index (χ0n) is 12.1. The molecule has 1 N–H and O–H groups in total. The highest BCUT2D eigenvalue weighted by atomic mass is 35.5. The van der Waals surface area contributed by atoms with E-state index in [1.54, 1.807) is 0 Å². The van der Waals surface area contributed by atoms with Gasteiger partial charge in [0.1, 0.15) is 0 Å². The number of nitrogens with zero attached hydrogens (tertiary/aromatic N) is 1. The highest BCUT2D eigenvalue weighted by Crippen LogP contribution is 2.14. The predicted molar refractivity (Wildman–Crippen MR) is 88.7 cm³/mol. The lowest BCUT2D eigenvalue weighted by Crippen LogP contribution is -2.51. The summed E-state index contributed by atoms with van der Waals surface area (Å²) in [5, 5.41) is 4.43. The van der Waals surface area contributed by atoms with Crippen molar-refractivity contribution < 1.29 is 0 Å². The number of benzene rings is 2. The van der Waals surface area contributed by atoms with Crippen molar-refractivity contribution in [3.05, 3.63) is 70.7 Å². The maximum Gasteiger partial charge on any atom is 0.0406 e. The highest BCUT2D eigenvalue weighted by Gasteiger charge is 2.19. The van der Waals surface area contributed by atoms with E-state index in [4.69, 9.17) is 11.6 Å². The van der Waals surface area contributed by atoms with Crippen molar-refractivity contribution in [3.63, 3.8) is 0 Å². The van der Waals surface area contributed by atoms with E-state index >= 15 is 0 Å².